The molecule has 5 nitrogen and oxygen atoms in total. The highest BCUT2D eigenvalue weighted by Gasteiger charge is 2.26. The first-order valence-corrected chi connectivity index (χ1v) is 15.9. The third-order valence-corrected chi connectivity index (χ3v) is 8.86. The second-order valence-corrected chi connectivity index (χ2v) is 14.4. The standard InChI is InChI=1S/C40H43N5.BrH/c1-39(2,3)31-21-33-34-22-32(40(4,5)6)24-36(45-20-18-43(28-45)26-30-15-11-8-12-16-30)38(34)41-37(33)35(23-31)44-19-17-42(27-44)25-29-13-9-7-10-14-29;/h7-24,27-28,41H,25-26H2,1-6H3;1H/q+2;/p-1. The van der Waals surface area contributed by atoms with E-state index in [1.165, 1.54) is 33.0 Å². The fraction of sp³-hybridized carbons (Fsp3) is 0.250. The molecular weight excluding hydrogens is 630 g/mol. The monoisotopic (exact) mass is 672 g/mol. The first-order valence-electron chi connectivity index (χ1n) is 15.9. The third kappa shape index (κ3) is 6.19. The Kier molecular flexibility index (Phi) is 8.28. The average Bonchev–Trinajstić information content (AvgIpc) is 3.75. The quantitative estimate of drug-likeness (QED) is 0.237. The molecule has 7 rings (SSSR count). The van der Waals surface area contributed by atoms with Gasteiger partial charge in [-0.2, -0.15) is 0 Å². The van der Waals surface area contributed by atoms with Crippen molar-refractivity contribution < 1.29 is 26.1 Å². The molecule has 234 valence electrons. The third-order valence-electron chi connectivity index (χ3n) is 8.86. The molecule has 0 fully saturated rings. The number of benzene rings is 4. The fourth-order valence-electron chi connectivity index (χ4n) is 6.19. The van der Waals surface area contributed by atoms with Gasteiger partial charge in [-0.05, 0) is 57.3 Å². The summed E-state index contributed by atoms with van der Waals surface area (Å²) in [4.78, 5) is 3.93. The summed E-state index contributed by atoms with van der Waals surface area (Å²) in [6, 6.07) is 30.8. The highest BCUT2D eigenvalue weighted by atomic mass is 79.9. The van der Waals surface area contributed by atoms with Crippen LogP contribution in [0, 0.1) is 0 Å². The Morgan fingerprint density at radius 1 is 0.565 bits per heavy atom. The number of aromatic amines is 1. The van der Waals surface area contributed by atoms with E-state index in [-0.39, 0.29) is 27.8 Å². The van der Waals surface area contributed by atoms with Crippen LogP contribution < -0.4 is 26.1 Å². The van der Waals surface area contributed by atoms with Gasteiger partial charge in [-0.15, -0.1) is 0 Å². The molecular formula is C40H43BrN5+. The first-order chi connectivity index (χ1) is 21.5. The molecule has 0 atom stereocenters. The lowest BCUT2D eigenvalue weighted by molar-refractivity contribution is -0.687. The summed E-state index contributed by atoms with van der Waals surface area (Å²) in [6.45, 7) is 15.5. The summed E-state index contributed by atoms with van der Waals surface area (Å²) in [5.74, 6) is 0. The van der Waals surface area contributed by atoms with Gasteiger partial charge in [-0.3, -0.25) is 0 Å². The van der Waals surface area contributed by atoms with E-state index in [4.69, 9.17) is 0 Å². The van der Waals surface area contributed by atoms with Crippen molar-refractivity contribution in [3.8, 4) is 11.4 Å². The molecule has 46 heavy (non-hydrogen) atoms. The minimum atomic E-state index is -0.00638. The van der Waals surface area contributed by atoms with Crippen molar-refractivity contribution >= 4 is 21.8 Å². The number of halogens is 1. The van der Waals surface area contributed by atoms with Crippen LogP contribution in [0.3, 0.4) is 0 Å². The number of H-pyrrole nitrogens is 1. The van der Waals surface area contributed by atoms with Crippen LogP contribution in [0.2, 0.25) is 0 Å². The lowest BCUT2D eigenvalue weighted by atomic mass is 9.84. The normalized spacial score (nSPS) is 12.1. The van der Waals surface area contributed by atoms with E-state index in [1.807, 2.05) is 0 Å². The van der Waals surface area contributed by atoms with Crippen LogP contribution in [-0.4, -0.2) is 14.1 Å². The van der Waals surface area contributed by atoms with E-state index >= 15 is 0 Å². The van der Waals surface area contributed by atoms with Gasteiger partial charge < -0.3 is 22.0 Å². The number of imidazole rings is 2. The molecule has 0 aliphatic rings. The highest BCUT2D eigenvalue weighted by molar-refractivity contribution is 6.12. The van der Waals surface area contributed by atoms with Crippen molar-refractivity contribution in [2.45, 2.75) is 65.5 Å². The molecule has 0 spiro atoms. The van der Waals surface area contributed by atoms with Crippen molar-refractivity contribution in [1.82, 2.24) is 14.1 Å². The molecule has 0 aliphatic carbocycles. The van der Waals surface area contributed by atoms with Crippen molar-refractivity contribution in [1.29, 1.82) is 0 Å². The predicted molar refractivity (Wildman–Crippen MR) is 183 cm³/mol. The van der Waals surface area contributed by atoms with Gasteiger partial charge in [0.1, 0.15) is 37.9 Å². The highest BCUT2D eigenvalue weighted by Crippen LogP contribution is 2.39. The topological polar surface area (TPSA) is 33.4 Å². The van der Waals surface area contributed by atoms with E-state index in [1.54, 1.807) is 0 Å². The molecule has 0 radical (unpaired) electrons. The van der Waals surface area contributed by atoms with Gasteiger partial charge >= 0.3 is 0 Å². The maximum Gasteiger partial charge on any atom is 0.249 e. The van der Waals surface area contributed by atoms with E-state index < -0.39 is 0 Å². The number of hydrogen-bond acceptors (Lipinski definition) is 0. The minimum absolute atomic E-state index is 0. The van der Waals surface area contributed by atoms with Gasteiger partial charge in [0.25, 0.3) is 0 Å². The zero-order chi connectivity index (χ0) is 31.3. The summed E-state index contributed by atoms with van der Waals surface area (Å²) in [7, 11) is 0. The molecule has 6 heteroatoms. The number of nitrogens with zero attached hydrogens (tertiary/aromatic N) is 4. The van der Waals surface area contributed by atoms with E-state index in [9.17, 15) is 0 Å². The van der Waals surface area contributed by atoms with E-state index in [0.717, 1.165) is 35.5 Å². The minimum Gasteiger partial charge on any atom is -1.00 e. The summed E-state index contributed by atoms with van der Waals surface area (Å²) in [5, 5.41) is 2.51. The lowest BCUT2D eigenvalue weighted by Crippen LogP contribution is -3.00. The zero-order valence-electron chi connectivity index (χ0n) is 27.6. The van der Waals surface area contributed by atoms with Gasteiger partial charge in [-0.25, -0.2) is 18.3 Å². The second-order valence-electron chi connectivity index (χ2n) is 14.4. The van der Waals surface area contributed by atoms with Crippen LogP contribution in [-0.2, 0) is 23.9 Å². The SMILES string of the molecule is CC(C)(C)c1cc(-n2cc[n+](Cc3ccccc3)c2)c2[nH]c3c(-n4cc[n+](Cc5ccccc5)c4)cc(C(C)(C)C)cc3c2c1.[Br-]. The first kappa shape index (κ1) is 31.6. The van der Waals surface area contributed by atoms with Crippen LogP contribution in [0.25, 0.3) is 33.2 Å². The number of rotatable bonds is 6. The Labute approximate surface area is 282 Å². The van der Waals surface area contributed by atoms with E-state index in [2.05, 4.69) is 187 Å². The van der Waals surface area contributed by atoms with Crippen LogP contribution in [0.1, 0.15) is 63.8 Å². The molecule has 0 aliphatic heterocycles. The average molecular weight is 674 g/mol. The molecule has 7 aromatic rings. The maximum absolute atomic E-state index is 3.93. The molecule has 0 amide bonds. The predicted octanol–water partition coefficient (Wildman–Crippen LogP) is 5.17. The Balaban J connectivity index is 0.00000372. The molecule has 4 aromatic carbocycles. The molecule has 1 N–H and O–H groups in total. The smallest absolute Gasteiger partial charge is 0.249 e. The van der Waals surface area contributed by atoms with Crippen molar-refractivity contribution in [2.75, 3.05) is 0 Å². The van der Waals surface area contributed by atoms with Crippen molar-refractivity contribution in [3.63, 3.8) is 0 Å². The summed E-state index contributed by atoms with van der Waals surface area (Å²) >= 11 is 0. The Morgan fingerprint density at radius 2 is 0.957 bits per heavy atom. The lowest BCUT2D eigenvalue weighted by Gasteiger charge is -2.20. The molecule has 0 saturated heterocycles. The Bertz CT molecular complexity index is 1970. The van der Waals surface area contributed by atoms with Crippen molar-refractivity contribution in [3.05, 3.63) is 145 Å². The summed E-state index contributed by atoms with van der Waals surface area (Å²) in [5.41, 5.74) is 9.82. The summed E-state index contributed by atoms with van der Waals surface area (Å²) < 4.78 is 9.04. The molecule has 0 bridgehead atoms. The zero-order valence-corrected chi connectivity index (χ0v) is 29.2. The number of aromatic nitrogens is 5. The molecule has 0 unspecified atom stereocenters. The summed E-state index contributed by atoms with van der Waals surface area (Å²) in [6.07, 6.45) is 13.1. The van der Waals surface area contributed by atoms with Crippen LogP contribution in [0.5, 0.6) is 0 Å². The van der Waals surface area contributed by atoms with Gasteiger partial charge in [0.05, 0.1) is 11.0 Å². The molecule has 0 saturated carbocycles. The fourth-order valence-corrected chi connectivity index (χ4v) is 6.19. The molecule has 3 heterocycles. The molecule has 3 aromatic heterocycles. The maximum atomic E-state index is 3.93. The number of fused-ring (bicyclic) bond motifs is 3. The van der Waals surface area contributed by atoms with Crippen LogP contribution in [0.4, 0.5) is 0 Å². The van der Waals surface area contributed by atoms with Crippen LogP contribution in [0.15, 0.2) is 122 Å². The largest absolute Gasteiger partial charge is 1.00 e. The van der Waals surface area contributed by atoms with Crippen molar-refractivity contribution in [2.24, 2.45) is 0 Å². The van der Waals surface area contributed by atoms with Gasteiger partial charge in [0.2, 0.25) is 12.7 Å². The Hall–Kier alpha value is -4.42. The Morgan fingerprint density at radius 3 is 1.33 bits per heavy atom. The van der Waals surface area contributed by atoms with Gasteiger partial charge in [0.15, 0.2) is 11.4 Å². The number of hydrogen-bond donors (Lipinski definition) is 1. The van der Waals surface area contributed by atoms with Gasteiger partial charge in [-0.1, -0.05) is 102 Å². The van der Waals surface area contributed by atoms with Crippen LogP contribution >= 0.6 is 0 Å². The van der Waals surface area contributed by atoms with E-state index in [0.29, 0.717) is 0 Å². The number of nitrogens with one attached hydrogen (secondary N) is 1. The second kappa shape index (κ2) is 12.1. The van der Waals surface area contributed by atoms with Gasteiger partial charge in [0, 0.05) is 10.8 Å².